The molecule has 3 heteroatoms. The number of piperidine rings is 3. The number of rotatable bonds is 0. The number of nitrogens with zero attached hydrogens (tertiary/aromatic N) is 1. The summed E-state index contributed by atoms with van der Waals surface area (Å²) in [6.07, 6.45) is 6.92. The van der Waals surface area contributed by atoms with Crippen LogP contribution in [0.5, 0.6) is 0 Å². The monoisotopic (exact) mass is 322 g/mol. The van der Waals surface area contributed by atoms with Gasteiger partial charge in [0.2, 0.25) is 0 Å². The number of hydrogen-bond donors (Lipinski definition) is 1. The molecule has 0 aromatic heterocycles. The Morgan fingerprint density at radius 1 is 1.20 bits per heavy atom. The van der Waals surface area contributed by atoms with Crippen molar-refractivity contribution in [2.75, 3.05) is 20.1 Å². The lowest BCUT2D eigenvalue weighted by Crippen LogP contribution is -2.63. The standard InChI is InChI=1S/C12H20NO.HI/c1-13-6-4-9(5-7-13)11-8-10(14)2-3-12(11)13;/h8-10,12,14H,2-7H2,1H3;1H/q+1;. The van der Waals surface area contributed by atoms with Crippen LogP contribution in [0, 0.1) is 5.92 Å². The fraction of sp³-hybridized carbons (Fsp3) is 0.833. The van der Waals surface area contributed by atoms with E-state index in [4.69, 9.17) is 0 Å². The normalized spacial score (nSPS) is 47.9. The van der Waals surface area contributed by atoms with Crippen molar-refractivity contribution in [3.05, 3.63) is 11.6 Å². The first-order chi connectivity index (χ1) is 6.69. The van der Waals surface area contributed by atoms with Crippen LogP contribution in [0.15, 0.2) is 11.6 Å². The third-order valence-corrected chi connectivity index (χ3v) is 4.71. The highest BCUT2D eigenvalue weighted by molar-refractivity contribution is 14.0. The fourth-order valence-corrected chi connectivity index (χ4v) is 3.79. The van der Waals surface area contributed by atoms with Crippen LogP contribution in [0.3, 0.4) is 0 Å². The van der Waals surface area contributed by atoms with E-state index in [-0.39, 0.29) is 30.1 Å². The number of fused-ring (bicyclic) bond motifs is 2. The van der Waals surface area contributed by atoms with Gasteiger partial charge in [-0.1, -0.05) is 6.08 Å². The Morgan fingerprint density at radius 2 is 1.87 bits per heavy atom. The molecule has 3 heterocycles. The molecule has 0 spiro atoms. The lowest BCUT2D eigenvalue weighted by molar-refractivity contribution is -0.941. The van der Waals surface area contributed by atoms with Gasteiger partial charge in [-0.25, -0.2) is 0 Å². The van der Waals surface area contributed by atoms with Crippen LogP contribution in [0.2, 0.25) is 0 Å². The zero-order valence-electron chi connectivity index (χ0n) is 9.35. The summed E-state index contributed by atoms with van der Waals surface area (Å²) < 4.78 is 1.26. The number of likely N-dealkylation sites (N-methyl/N-ethyl adjacent to an activating group) is 1. The van der Waals surface area contributed by atoms with E-state index in [9.17, 15) is 5.11 Å². The average Bonchev–Trinajstić information content (AvgIpc) is 2.18. The number of hydrogen-bond acceptors (Lipinski definition) is 1. The zero-order valence-corrected chi connectivity index (χ0v) is 11.7. The summed E-state index contributed by atoms with van der Waals surface area (Å²) in [4.78, 5) is 0. The summed E-state index contributed by atoms with van der Waals surface area (Å²) >= 11 is 0. The van der Waals surface area contributed by atoms with Crippen molar-refractivity contribution < 1.29 is 9.59 Å². The second-order valence-electron chi connectivity index (χ2n) is 5.53. The van der Waals surface area contributed by atoms with Crippen molar-refractivity contribution in [1.29, 1.82) is 0 Å². The van der Waals surface area contributed by atoms with Crippen LogP contribution >= 0.6 is 24.0 Å². The van der Waals surface area contributed by atoms with Crippen LogP contribution < -0.4 is 0 Å². The molecule has 3 fully saturated rings. The van der Waals surface area contributed by atoms with Gasteiger partial charge in [-0.3, -0.25) is 0 Å². The van der Waals surface area contributed by atoms with Gasteiger partial charge in [0.05, 0.1) is 26.2 Å². The molecule has 0 aromatic carbocycles. The summed E-state index contributed by atoms with van der Waals surface area (Å²) in [5.74, 6) is 0.815. The van der Waals surface area contributed by atoms with Crippen molar-refractivity contribution >= 4 is 24.0 Å². The highest BCUT2D eigenvalue weighted by atomic mass is 127. The van der Waals surface area contributed by atoms with Crippen molar-refractivity contribution in [3.8, 4) is 0 Å². The molecule has 3 saturated heterocycles. The van der Waals surface area contributed by atoms with Crippen LogP contribution in [0.1, 0.15) is 25.7 Å². The van der Waals surface area contributed by atoms with E-state index in [1.165, 1.54) is 36.8 Å². The maximum absolute atomic E-state index is 9.68. The number of halogens is 1. The lowest BCUT2D eigenvalue weighted by Gasteiger charge is -2.55. The van der Waals surface area contributed by atoms with E-state index in [1.807, 2.05) is 0 Å². The lowest BCUT2D eigenvalue weighted by atomic mass is 9.72. The highest BCUT2D eigenvalue weighted by Gasteiger charge is 2.48. The van der Waals surface area contributed by atoms with Crippen LogP contribution in [-0.2, 0) is 0 Å². The Hall–Kier alpha value is 0.390. The van der Waals surface area contributed by atoms with Gasteiger partial charge in [-0.05, 0) is 17.9 Å². The van der Waals surface area contributed by atoms with E-state index < -0.39 is 0 Å². The van der Waals surface area contributed by atoms with Crippen molar-refractivity contribution in [2.24, 2.45) is 5.92 Å². The third-order valence-electron chi connectivity index (χ3n) is 4.71. The maximum atomic E-state index is 9.68. The molecule has 1 aliphatic carbocycles. The first-order valence-electron chi connectivity index (χ1n) is 5.93. The Kier molecular flexibility index (Phi) is 3.17. The Morgan fingerprint density at radius 3 is 2.53 bits per heavy atom. The van der Waals surface area contributed by atoms with Gasteiger partial charge < -0.3 is 9.59 Å². The molecule has 4 aliphatic rings. The minimum atomic E-state index is -0.145. The molecule has 15 heavy (non-hydrogen) atoms. The second-order valence-corrected chi connectivity index (χ2v) is 5.53. The molecule has 0 aromatic rings. The SMILES string of the molecule is C[N+]12CCC(CC1)C1=CC(O)CCC12.I. The van der Waals surface area contributed by atoms with E-state index >= 15 is 0 Å². The van der Waals surface area contributed by atoms with Gasteiger partial charge in [-0.2, -0.15) is 0 Å². The third kappa shape index (κ3) is 1.76. The number of quaternary nitrogens is 1. The molecule has 2 bridgehead atoms. The van der Waals surface area contributed by atoms with E-state index in [2.05, 4.69) is 13.1 Å². The predicted octanol–water partition coefficient (Wildman–Crippen LogP) is 1.92. The van der Waals surface area contributed by atoms with Crippen LogP contribution in [-0.4, -0.2) is 41.9 Å². The molecule has 3 aliphatic heterocycles. The van der Waals surface area contributed by atoms with Gasteiger partial charge in [0.25, 0.3) is 0 Å². The Labute approximate surface area is 109 Å². The average molecular weight is 322 g/mol. The molecule has 86 valence electrons. The topological polar surface area (TPSA) is 20.2 Å². The molecule has 0 amide bonds. The van der Waals surface area contributed by atoms with Crippen molar-refractivity contribution in [1.82, 2.24) is 0 Å². The molecule has 0 radical (unpaired) electrons. The molecule has 4 rings (SSSR count). The summed E-state index contributed by atoms with van der Waals surface area (Å²) in [5, 5.41) is 9.68. The van der Waals surface area contributed by atoms with Gasteiger partial charge in [0, 0.05) is 19.3 Å². The Bertz CT molecular complexity index is 281. The molecule has 2 unspecified atom stereocenters. The maximum Gasteiger partial charge on any atom is 0.111 e. The van der Waals surface area contributed by atoms with Gasteiger partial charge >= 0.3 is 0 Å². The highest BCUT2D eigenvalue weighted by Crippen LogP contribution is 2.44. The van der Waals surface area contributed by atoms with Crippen molar-refractivity contribution in [2.45, 2.75) is 37.8 Å². The quantitative estimate of drug-likeness (QED) is 0.410. The molecular weight excluding hydrogens is 301 g/mol. The number of aliphatic hydroxyl groups is 1. The van der Waals surface area contributed by atoms with Crippen LogP contribution in [0.4, 0.5) is 0 Å². The molecule has 1 N–H and O–H groups in total. The number of aliphatic hydroxyl groups excluding tert-OH is 1. The van der Waals surface area contributed by atoms with E-state index in [0.29, 0.717) is 0 Å². The second kappa shape index (κ2) is 4.00. The Balaban J connectivity index is 0.000000853. The van der Waals surface area contributed by atoms with Gasteiger partial charge in [0.15, 0.2) is 0 Å². The van der Waals surface area contributed by atoms with Gasteiger partial charge in [-0.15, -0.1) is 24.0 Å². The summed E-state index contributed by atoms with van der Waals surface area (Å²) in [7, 11) is 2.41. The minimum absolute atomic E-state index is 0. The first-order valence-corrected chi connectivity index (χ1v) is 5.93. The fourth-order valence-electron chi connectivity index (χ4n) is 3.79. The van der Waals surface area contributed by atoms with Gasteiger partial charge in [0.1, 0.15) is 6.04 Å². The molecule has 2 nitrogen and oxygen atoms in total. The van der Waals surface area contributed by atoms with E-state index in [1.54, 1.807) is 5.57 Å². The minimum Gasteiger partial charge on any atom is -0.389 e. The first kappa shape index (κ1) is 11.9. The molecule has 0 saturated carbocycles. The molecule has 2 atom stereocenters. The zero-order chi connectivity index (χ0) is 9.76. The summed E-state index contributed by atoms with van der Waals surface area (Å²) in [6, 6.07) is 0.755. The van der Waals surface area contributed by atoms with E-state index in [0.717, 1.165) is 18.4 Å². The smallest absolute Gasteiger partial charge is 0.111 e. The van der Waals surface area contributed by atoms with Crippen molar-refractivity contribution in [3.63, 3.8) is 0 Å². The summed E-state index contributed by atoms with van der Waals surface area (Å²) in [5.41, 5.74) is 1.60. The molecular formula is C12H21INO+. The summed E-state index contributed by atoms with van der Waals surface area (Å²) in [6.45, 7) is 2.73. The van der Waals surface area contributed by atoms with Crippen LogP contribution in [0.25, 0.3) is 0 Å². The largest absolute Gasteiger partial charge is 0.389 e. The predicted molar refractivity (Wildman–Crippen MR) is 71.2 cm³/mol.